The molecule has 3 heteroatoms. The highest BCUT2D eigenvalue weighted by molar-refractivity contribution is 6.30. The first kappa shape index (κ1) is 10.3. The summed E-state index contributed by atoms with van der Waals surface area (Å²) in [5.41, 5.74) is 3.83. The van der Waals surface area contributed by atoms with Crippen LogP contribution in [0.3, 0.4) is 0 Å². The highest BCUT2D eigenvalue weighted by Gasteiger charge is 2.30. The minimum Gasteiger partial charge on any atom is -0.269 e. The number of hydrogen-bond acceptors (Lipinski definition) is 2. The van der Waals surface area contributed by atoms with Gasteiger partial charge in [-0.25, -0.2) is 4.90 Å². The molecule has 0 fully saturated rings. The van der Waals surface area contributed by atoms with Gasteiger partial charge in [0.05, 0.1) is 5.69 Å². The number of hydrogen-bond donors (Lipinski definition) is 0. The quantitative estimate of drug-likeness (QED) is 0.688. The van der Waals surface area contributed by atoms with Gasteiger partial charge in [-0.3, -0.25) is 9.59 Å². The molecule has 1 aromatic carbocycles. The van der Waals surface area contributed by atoms with Crippen LogP contribution in [0.4, 0.5) is 5.69 Å². The van der Waals surface area contributed by atoms with E-state index in [1.807, 2.05) is 18.2 Å². The van der Waals surface area contributed by atoms with Gasteiger partial charge >= 0.3 is 0 Å². The third-order valence-corrected chi connectivity index (χ3v) is 3.44. The van der Waals surface area contributed by atoms with E-state index < -0.39 is 0 Å². The van der Waals surface area contributed by atoms with Crippen molar-refractivity contribution in [2.24, 2.45) is 0 Å². The lowest BCUT2D eigenvalue weighted by molar-refractivity contribution is -0.120. The van der Waals surface area contributed by atoms with Crippen LogP contribution in [0.5, 0.6) is 0 Å². The number of imide groups is 1. The van der Waals surface area contributed by atoms with Gasteiger partial charge in [0.15, 0.2) is 0 Å². The van der Waals surface area contributed by atoms with Gasteiger partial charge in [-0.15, -0.1) is 0 Å². The van der Waals surface area contributed by atoms with E-state index in [-0.39, 0.29) is 11.8 Å². The minimum atomic E-state index is -0.231. The van der Waals surface area contributed by atoms with Crippen LogP contribution in [-0.4, -0.2) is 11.8 Å². The molecule has 1 aliphatic carbocycles. The summed E-state index contributed by atoms with van der Waals surface area (Å²) in [7, 11) is 0. The lowest BCUT2D eigenvalue weighted by Crippen LogP contribution is -2.30. The molecule has 0 aromatic heterocycles. The Kier molecular flexibility index (Phi) is 2.15. The van der Waals surface area contributed by atoms with Crippen LogP contribution in [0.1, 0.15) is 24.5 Å². The Morgan fingerprint density at radius 2 is 1.88 bits per heavy atom. The van der Waals surface area contributed by atoms with Crippen molar-refractivity contribution >= 4 is 17.5 Å². The van der Waals surface area contributed by atoms with Gasteiger partial charge < -0.3 is 0 Å². The number of carbonyl (C=O) groups is 2. The Morgan fingerprint density at radius 1 is 1.12 bits per heavy atom. The molecule has 0 N–H and O–H groups in total. The lowest BCUT2D eigenvalue weighted by atomic mass is 10.1. The van der Waals surface area contributed by atoms with Gasteiger partial charge in [0.1, 0.15) is 0 Å². The third-order valence-electron chi connectivity index (χ3n) is 3.44. The molecule has 0 radical (unpaired) electrons. The van der Waals surface area contributed by atoms with Crippen molar-refractivity contribution in [3.05, 3.63) is 41.0 Å². The van der Waals surface area contributed by atoms with Crippen LogP contribution < -0.4 is 4.90 Å². The average molecular weight is 227 g/mol. The van der Waals surface area contributed by atoms with Crippen molar-refractivity contribution < 1.29 is 9.59 Å². The van der Waals surface area contributed by atoms with Crippen molar-refractivity contribution in [2.45, 2.75) is 26.2 Å². The average Bonchev–Trinajstić information content (AvgIpc) is 2.84. The van der Waals surface area contributed by atoms with Crippen LogP contribution in [0.25, 0.3) is 0 Å². The Balaban J connectivity index is 2.01. The largest absolute Gasteiger partial charge is 0.269 e. The fourth-order valence-electron chi connectivity index (χ4n) is 2.53. The van der Waals surface area contributed by atoms with Gasteiger partial charge in [-0.05, 0) is 49.4 Å². The van der Waals surface area contributed by atoms with Crippen LogP contribution in [0.15, 0.2) is 29.8 Å². The predicted octanol–water partition coefficient (Wildman–Crippen LogP) is 1.99. The molecule has 0 saturated carbocycles. The maximum Gasteiger partial charge on any atom is 0.261 e. The molecule has 1 aliphatic heterocycles. The summed E-state index contributed by atoms with van der Waals surface area (Å²) in [5, 5.41) is 0. The summed E-state index contributed by atoms with van der Waals surface area (Å²) >= 11 is 0. The Labute approximate surface area is 99.7 Å². The maximum atomic E-state index is 11.9. The number of benzene rings is 1. The van der Waals surface area contributed by atoms with Crippen molar-refractivity contribution in [1.82, 2.24) is 0 Å². The summed E-state index contributed by atoms with van der Waals surface area (Å²) in [5.74, 6) is -0.432. The molecule has 17 heavy (non-hydrogen) atoms. The van der Waals surface area contributed by atoms with Crippen LogP contribution in [-0.2, 0) is 22.4 Å². The van der Waals surface area contributed by atoms with E-state index in [4.69, 9.17) is 0 Å². The smallest absolute Gasteiger partial charge is 0.261 e. The molecule has 86 valence electrons. The SMILES string of the molecule is CC1=CC(=O)N(c2ccc3c(c2)CCC3)C1=O. The first-order valence-corrected chi connectivity index (χ1v) is 5.85. The van der Waals surface area contributed by atoms with Crippen LogP contribution in [0.2, 0.25) is 0 Å². The third kappa shape index (κ3) is 1.50. The highest BCUT2D eigenvalue weighted by Crippen LogP contribution is 2.29. The number of rotatable bonds is 1. The maximum absolute atomic E-state index is 11.9. The van der Waals surface area contributed by atoms with Crippen LogP contribution in [0, 0.1) is 0 Å². The Hall–Kier alpha value is -1.90. The van der Waals surface area contributed by atoms with E-state index in [1.54, 1.807) is 6.92 Å². The number of aryl methyl sites for hydroxylation is 2. The van der Waals surface area contributed by atoms with E-state index in [0.29, 0.717) is 11.3 Å². The Morgan fingerprint density at radius 3 is 2.59 bits per heavy atom. The molecule has 0 atom stereocenters. The first-order valence-electron chi connectivity index (χ1n) is 5.85. The van der Waals surface area contributed by atoms with Crippen molar-refractivity contribution in [1.29, 1.82) is 0 Å². The number of fused-ring (bicyclic) bond motifs is 1. The number of nitrogens with zero attached hydrogens (tertiary/aromatic N) is 1. The zero-order valence-corrected chi connectivity index (χ0v) is 9.69. The van der Waals surface area contributed by atoms with E-state index in [9.17, 15) is 9.59 Å². The molecule has 3 rings (SSSR count). The molecule has 3 nitrogen and oxygen atoms in total. The van der Waals surface area contributed by atoms with Gasteiger partial charge in [-0.1, -0.05) is 6.07 Å². The molecule has 0 unspecified atom stereocenters. The van der Waals surface area contributed by atoms with Gasteiger partial charge in [-0.2, -0.15) is 0 Å². The lowest BCUT2D eigenvalue weighted by Gasteiger charge is -2.15. The van der Waals surface area contributed by atoms with Crippen molar-refractivity contribution in [2.75, 3.05) is 4.90 Å². The molecule has 2 amide bonds. The highest BCUT2D eigenvalue weighted by atomic mass is 16.2. The van der Waals surface area contributed by atoms with E-state index in [2.05, 4.69) is 0 Å². The second-order valence-corrected chi connectivity index (χ2v) is 4.61. The van der Waals surface area contributed by atoms with Gasteiger partial charge in [0.2, 0.25) is 0 Å². The van der Waals surface area contributed by atoms with E-state index in [0.717, 1.165) is 19.3 Å². The predicted molar refractivity (Wildman–Crippen MR) is 64.7 cm³/mol. The standard InChI is InChI=1S/C14H13NO2/c1-9-7-13(16)15(14(9)17)12-6-5-10-3-2-4-11(10)8-12/h5-8H,2-4H2,1H3. The molecular weight excluding hydrogens is 214 g/mol. The van der Waals surface area contributed by atoms with E-state index in [1.165, 1.54) is 22.1 Å². The number of carbonyl (C=O) groups excluding carboxylic acids is 2. The Bertz CT molecular complexity index is 557. The monoisotopic (exact) mass is 227 g/mol. The summed E-state index contributed by atoms with van der Waals surface area (Å²) in [6.45, 7) is 1.67. The zero-order valence-electron chi connectivity index (χ0n) is 9.69. The molecule has 1 heterocycles. The molecule has 2 aliphatic rings. The molecule has 0 bridgehead atoms. The normalized spacial score (nSPS) is 18.6. The molecule has 0 spiro atoms. The molecule has 0 saturated heterocycles. The minimum absolute atomic E-state index is 0.201. The number of amides is 2. The van der Waals surface area contributed by atoms with Gasteiger partial charge in [0, 0.05) is 11.6 Å². The summed E-state index contributed by atoms with van der Waals surface area (Å²) in [4.78, 5) is 24.8. The summed E-state index contributed by atoms with van der Waals surface area (Å²) < 4.78 is 0. The van der Waals surface area contributed by atoms with Gasteiger partial charge in [0.25, 0.3) is 11.8 Å². The second-order valence-electron chi connectivity index (χ2n) is 4.61. The zero-order chi connectivity index (χ0) is 12.0. The fraction of sp³-hybridized carbons (Fsp3) is 0.286. The van der Waals surface area contributed by atoms with E-state index >= 15 is 0 Å². The topological polar surface area (TPSA) is 37.4 Å². The van der Waals surface area contributed by atoms with Crippen molar-refractivity contribution in [3.63, 3.8) is 0 Å². The van der Waals surface area contributed by atoms with Crippen LogP contribution >= 0.6 is 0 Å². The molecule has 1 aromatic rings. The summed E-state index contributed by atoms with van der Waals surface area (Å²) in [6, 6.07) is 5.88. The first-order chi connectivity index (χ1) is 8.16. The second kappa shape index (κ2) is 3.55. The number of anilines is 1. The fourth-order valence-corrected chi connectivity index (χ4v) is 2.53. The summed E-state index contributed by atoms with van der Waals surface area (Å²) in [6.07, 6.45) is 4.72. The molecular formula is C14H13NO2. The van der Waals surface area contributed by atoms with Crippen molar-refractivity contribution in [3.8, 4) is 0 Å².